The fraction of sp³-hybridized carbons (Fsp3) is 0.0625. The number of nitrogens with two attached hydrogens (primary N) is 1. The van der Waals surface area contributed by atoms with E-state index in [1.54, 1.807) is 37.4 Å². The molecule has 7 heteroatoms. The number of aliphatic imine (C=N–C) groups is 1. The van der Waals surface area contributed by atoms with Gasteiger partial charge in [-0.2, -0.15) is 0 Å². The third-order valence-electron chi connectivity index (χ3n) is 3.09. The summed E-state index contributed by atoms with van der Waals surface area (Å²) in [6.07, 6.45) is 2.96. The van der Waals surface area contributed by atoms with Crippen LogP contribution in [0.4, 0.5) is 10.1 Å². The molecule has 2 heterocycles. The highest BCUT2D eigenvalue weighted by Gasteiger charge is 2.10. The van der Waals surface area contributed by atoms with Crippen molar-refractivity contribution in [1.29, 1.82) is 0 Å². The number of pyridine rings is 1. The smallest absolute Gasteiger partial charge is 0.259 e. The van der Waals surface area contributed by atoms with Gasteiger partial charge in [-0.15, -0.1) is 0 Å². The van der Waals surface area contributed by atoms with Gasteiger partial charge in [0.25, 0.3) is 5.91 Å². The minimum Gasteiger partial charge on any atom is -0.458 e. The van der Waals surface area contributed by atoms with Crippen LogP contribution in [0.5, 0.6) is 0 Å². The molecule has 0 bridgehead atoms. The van der Waals surface area contributed by atoms with Gasteiger partial charge >= 0.3 is 0 Å². The lowest BCUT2D eigenvalue weighted by molar-refractivity contribution is 0.0976. The zero-order chi connectivity index (χ0) is 16.4. The number of furan rings is 1. The van der Waals surface area contributed by atoms with E-state index in [2.05, 4.69) is 15.3 Å². The first-order chi connectivity index (χ1) is 11.0. The van der Waals surface area contributed by atoms with Crippen LogP contribution >= 0.6 is 0 Å². The maximum Gasteiger partial charge on any atom is 0.259 e. The fourth-order valence-corrected chi connectivity index (χ4v) is 2.14. The zero-order valence-electron chi connectivity index (χ0n) is 12.2. The van der Waals surface area contributed by atoms with E-state index in [0.717, 1.165) is 0 Å². The molecule has 0 aliphatic rings. The molecule has 0 spiro atoms. The molecule has 6 nitrogen and oxygen atoms in total. The Morgan fingerprint density at radius 1 is 1.39 bits per heavy atom. The first kappa shape index (κ1) is 14.7. The van der Waals surface area contributed by atoms with Crippen molar-refractivity contribution in [3.63, 3.8) is 0 Å². The number of fused-ring (bicyclic) bond motifs is 1. The Labute approximate surface area is 130 Å². The first-order valence-electron chi connectivity index (χ1n) is 6.78. The number of amides is 1. The third-order valence-corrected chi connectivity index (χ3v) is 3.09. The van der Waals surface area contributed by atoms with E-state index >= 15 is 0 Å². The summed E-state index contributed by atoms with van der Waals surface area (Å²) in [5.41, 5.74) is 6.48. The number of nitrogens with zero attached hydrogens (tertiary/aromatic N) is 2. The van der Waals surface area contributed by atoms with Crippen LogP contribution in [-0.4, -0.2) is 16.9 Å². The molecule has 0 radical (unpaired) electrons. The third kappa shape index (κ3) is 3.18. The monoisotopic (exact) mass is 312 g/mol. The highest BCUT2D eigenvalue weighted by Crippen LogP contribution is 2.27. The lowest BCUT2D eigenvalue weighted by atomic mass is 10.2. The Balaban J connectivity index is 1.84. The molecule has 2 aromatic heterocycles. The Kier molecular flexibility index (Phi) is 3.76. The fourth-order valence-electron chi connectivity index (χ4n) is 2.14. The van der Waals surface area contributed by atoms with Crippen molar-refractivity contribution in [2.45, 2.75) is 6.92 Å². The van der Waals surface area contributed by atoms with Crippen molar-refractivity contribution in [3.05, 3.63) is 59.9 Å². The molecule has 0 atom stereocenters. The number of aromatic nitrogens is 1. The van der Waals surface area contributed by atoms with Crippen LogP contribution in [-0.2, 0) is 0 Å². The van der Waals surface area contributed by atoms with Gasteiger partial charge in [0.1, 0.15) is 5.76 Å². The van der Waals surface area contributed by atoms with Gasteiger partial charge in [-0.25, -0.2) is 9.38 Å². The van der Waals surface area contributed by atoms with Crippen LogP contribution in [0.25, 0.3) is 11.0 Å². The van der Waals surface area contributed by atoms with Crippen molar-refractivity contribution in [2.24, 2.45) is 10.7 Å². The number of guanidine groups is 1. The Morgan fingerprint density at radius 3 is 2.96 bits per heavy atom. The summed E-state index contributed by atoms with van der Waals surface area (Å²) in [4.78, 5) is 19.8. The number of carbonyl (C=O) groups is 1. The molecular weight excluding hydrogens is 299 g/mol. The molecule has 116 valence electrons. The minimum atomic E-state index is -0.541. The highest BCUT2D eigenvalue weighted by atomic mass is 19.1. The van der Waals surface area contributed by atoms with Crippen molar-refractivity contribution in [3.8, 4) is 0 Å². The Hall–Kier alpha value is -3.22. The molecule has 1 aromatic carbocycles. The van der Waals surface area contributed by atoms with Crippen LogP contribution in [0.15, 0.2) is 52.1 Å². The lowest BCUT2D eigenvalue weighted by Crippen LogP contribution is -2.36. The van der Waals surface area contributed by atoms with Gasteiger partial charge in [-0.05, 0) is 31.2 Å². The molecular formula is C16H13FN4O2. The molecule has 0 aliphatic heterocycles. The van der Waals surface area contributed by atoms with E-state index in [0.29, 0.717) is 16.7 Å². The van der Waals surface area contributed by atoms with Gasteiger partial charge in [-0.3, -0.25) is 15.1 Å². The number of rotatable bonds is 2. The summed E-state index contributed by atoms with van der Waals surface area (Å²) in [5, 5.41) is 3.00. The second-order valence-electron chi connectivity index (χ2n) is 4.90. The number of carbonyl (C=O) groups excluding carboxylic acids is 1. The summed E-state index contributed by atoms with van der Waals surface area (Å²) >= 11 is 0. The molecule has 3 rings (SSSR count). The van der Waals surface area contributed by atoms with Crippen molar-refractivity contribution in [1.82, 2.24) is 10.3 Å². The summed E-state index contributed by atoms with van der Waals surface area (Å²) in [6.45, 7) is 1.73. The average Bonchev–Trinajstić information content (AvgIpc) is 2.89. The average molecular weight is 312 g/mol. The van der Waals surface area contributed by atoms with Gasteiger partial charge in [-0.1, -0.05) is 0 Å². The maximum atomic E-state index is 13.9. The Morgan fingerprint density at radius 2 is 2.22 bits per heavy atom. The van der Waals surface area contributed by atoms with E-state index < -0.39 is 11.7 Å². The van der Waals surface area contributed by atoms with Crippen LogP contribution in [0.1, 0.15) is 16.1 Å². The van der Waals surface area contributed by atoms with Crippen molar-refractivity contribution >= 4 is 28.5 Å². The lowest BCUT2D eigenvalue weighted by Gasteiger charge is -2.04. The van der Waals surface area contributed by atoms with Gasteiger partial charge in [0.2, 0.25) is 5.96 Å². The Bertz CT molecular complexity index is 903. The first-order valence-corrected chi connectivity index (χ1v) is 6.78. The molecule has 0 saturated heterocycles. The standard InChI is InChI=1S/C16H13FN4O2/c1-9-5-11-6-12(7-13(17)14(11)23-9)20-16(18)21-15(22)10-3-2-4-19-8-10/h2-8H,1H3,(H3,18,20,21,22). The summed E-state index contributed by atoms with van der Waals surface area (Å²) < 4.78 is 19.2. The molecule has 3 N–H and O–H groups in total. The summed E-state index contributed by atoms with van der Waals surface area (Å²) in [7, 11) is 0. The predicted octanol–water partition coefficient (Wildman–Crippen LogP) is 2.65. The molecule has 3 aromatic rings. The second-order valence-corrected chi connectivity index (χ2v) is 4.90. The number of hydrogen-bond donors (Lipinski definition) is 2. The minimum absolute atomic E-state index is 0.141. The largest absolute Gasteiger partial charge is 0.458 e. The van der Waals surface area contributed by atoms with E-state index in [1.165, 1.54) is 12.3 Å². The van der Waals surface area contributed by atoms with Crippen molar-refractivity contribution < 1.29 is 13.6 Å². The topological polar surface area (TPSA) is 93.5 Å². The van der Waals surface area contributed by atoms with Gasteiger partial charge in [0.05, 0.1) is 11.3 Å². The highest BCUT2D eigenvalue weighted by molar-refractivity contribution is 6.05. The van der Waals surface area contributed by atoms with Crippen LogP contribution < -0.4 is 11.1 Å². The molecule has 0 aliphatic carbocycles. The predicted molar refractivity (Wildman–Crippen MR) is 83.9 cm³/mol. The van der Waals surface area contributed by atoms with Crippen molar-refractivity contribution in [2.75, 3.05) is 0 Å². The molecule has 0 unspecified atom stereocenters. The summed E-state index contributed by atoms with van der Waals surface area (Å²) in [6, 6.07) is 7.73. The second kappa shape index (κ2) is 5.88. The molecule has 0 fully saturated rings. The number of benzene rings is 1. The maximum absolute atomic E-state index is 13.9. The van der Waals surface area contributed by atoms with E-state index in [1.807, 2.05) is 0 Å². The van der Waals surface area contributed by atoms with Crippen LogP contribution in [0, 0.1) is 12.7 Å². The molecule has 1 amide bonds. The van der Waals surface area contributed by atoms with E-state index in [4.69, 9.17) is 10.2 Å². The van der Waals surface area contributed by atoms with Gasteiger partial charge < -0.3 is 10.2 Å². The number of aryl methyl sites for hydroxylation is 1. The van der Waals surface area contributed by atoms with E-state index in [-0.39, 0.29) is 17.2 Å². The summed E-state index contributed by atoms with van der Waals surface area (Å²) in [5.74, 6) is -0.531. The number of nitrogens with one attached hydrogen (secondary N) is 1. The van der Waals surface area contributed by atoms with Crippen LogP contribution in [0.2, 0.25) is 0 Å². The van der Waals surface area contributed by atoms with Gasteiger partial charge in [0.15, 0.2) is 11.4 Å². The number of halogens is 1. The molecule has 0 saturated carbocycles. The molecule has 23 heavy (non-hydrogen) atoms. The zero-order valence-corrected chi connectivity index (χ0v) is 12.2. The quantitative estimate of drug-likeness (QED) is 0.562. The van der Waals surface area contributed by atoms with Gasteiger partial charge in [0, 0.05) is 23.8 Å². The number of hydrogen-bond acceptors (Lipinski definition) is 4. The van der Waals surface area contributed by atoms with E-state index in [9.17, 15) is 9.18 Å². The normalized spacial score (nSPS) is 11.7. The van der Waals surface area contributed by atoms with Crippen LogP contribution in [0.3, 0.4) is 0 Å². The SMILES string of the molecule is Cc1cc2cc(N=C(N)NC(=O)c3cccnc3)cc(F)c2o1.